The highest BCUT2D eigenvalue weighted by Crippen LogP contribution is 2.54. The van der Waals surface area contributed by atoms with E-state index in [9.17, 15) is 0 Å². The van der Waals surface area contributed by atoms with Crippen LogP contribution in [0.2, 0.25) is 0 Å². The molecule has 1 rings (SSSR count). The van der Waals surface area contributed by atoms with Crippen LogP contribution in [0.1, 0.15) is 200 Å². The van der Waals surface area contributed by atoms with Crippen LogP contribution in [0.25, 0.3) is 0 Å². The van der Waals surface area contributed by atoms with Crippen LogP contribution in [-0.2, 0) is 0 Å². The van der Waals surface area contributed by atoms with E-state index in [2.05, 4.69) is 13.8 Å². The summed E-state index contributed by atoms with van der Waals surface area (Å²) in [7, 11) is 0. The first-order valence-corrected chi connectivity index (χ1v) is 18.1. The average Bonchev–Trinajstić information content (AvgIpc) is 2.93. The maximum Gasteiger partial charge on any atom is -0.00773 e. The number of unbranched alkanes of at least 4 members (excludes halogenated alkanes) is 18. The fraction of sp³-hybridized carbons (Fsp3) is 1.00. The summed E-state index contributed by atoms with van der Waals surface area (Å²) in [5.41, 5.74) is 12.1. The molecule has 1 aliphatic rings. The van der Waals surface area contributed by atoms with E-state index in [0.717, 1.165) is 24.9 Å². The Morgan fingerprint density at radius 2 is 0.921 bits per heavy atom. The van der Waals surface area contributed by atoms with Gasteiger partial charge in [-0.05, 0) is 68.9 Å². The van der Waals surface area contributed by atoms with Crippen molar-refractivity contribution in [3.05, 3.63) is 0 Å². The Kier molecular flexibility index (Phi) is 24.5. The van der Waals surface area contributed by atoms with Crippen molar-refractivity contribution in [3.8, 4) is 0 Å². The number of rotatable bonds is 28. The van der Waals surface area contributed by atoms with Crippen LogP contribution in [0.15, 0.2) is 0 Å². The minimum absolute atomic E-state index is 0.658. The molecule has 2 unspecified atom stereocenters. The third-order valence-corrected chi connectivity index (χ3v) is 10.2. The van der Waals surface area contributed by atoms with Gasteiger partial charge in [-0.1, -0.05) is 162 Å². The van der Waals surface area contributed by atoms with Gasteiger partial charge in [-0.15, -0.1) is 0 Å². The van der Waals surface area contributed by atoms with Gasteiger partial charge in [-0.25, -0.2) is 0 Å². The van der Waals surface area contributed by atoms with Crippen molar-refractivity contribution in [2.75, 3.05) is 13.1 Å². The Morgan fingerprint density at radius 3 is 1.45 bits per heavy atom. The van der Waals surface area contributed by atoms with Crippen molar-refractivity contribution in [2.45, 2.75) is 200 Å². The largest absolute Gasteiger partial charge is 0.330 e. The zero-order valence-electron chi connectivity index (χ0n) is 26.7. The van der Waals surface area contributed by atoms with Crippen LogP contribution in [-0.4, -0.2) is 13.1 Å². The molecule has 0 aromatic carbocycles. The van der Waals surface area contributed by atoms with Crippen LogP contribution in [0.5, 0.6) is 0 Å². The topological polar surface area (TPSA) is 52.0 Å². The first kappa shape index (κ1) is 35.9. The van der Waals surface area contributed by atoms with Crippen LogP contribution in [0, 0.1) is 17.3 Å². The highest BCUT2D eigenvalue weighted by atomic mass is 14.5. The van der Waals surface area contributed by atoms with Crippen molar-refractivity contribution in [2.24, 2.45) is 28.7 Å². The quantitative estimate of drug-likeness (QED) is 0.0980. The number of hydrogen-bond donors (Lipinski definition) is 2. The molecular formula is C36H74N2. The van der Waals surface area contributed by atoms with Crippen molar-refractivity contribution in [1.29, 1.82) is 0 Å². The summed E-state index contributed by atoms with van der Waals surface area (Å²) in [6.45, 7) is 6.44. The van der Waals surface area contributed by atoms with Gasteiger partial charge in [-0.3, -0.25) is 0 Å². The fourth-order valence-corrected chi connectivity index (χ4v) is 7.87. The van der Waals surface area contributed by atoms with Gasteiger partial charge in [-0.2, -0.15) is 0 Å². The molecule has 2 atom stereocenters. The zero-order valence-corrected chi connectivity index (χ0v) is 26.7. The van der Waals surface area contributed by atoms with Crippen LogP contribution < -0.4 is 11.5 Å². The average molecular weight is 535 g/mol. The highest BCUT2D eigenvalue weighted by Gasteiger charge is 2.43. The summed E-state index contributed by atoms with van der Waals surface area (Å²) in [5.74, 6) is 2.03. The lowest BCUT2D eigenvalue weighted by Crippen LogP contribution is -2.39. The van der Waals surface area contributed by atoms with Crippen molar-refractivity contribution in [3.63, 3.8) is 0 Å². The Hall–Kier alpha value is -0.0800. The van der Waals surface area contributed by atoms with Gasteiger partial charge >= 0.3 is 0 Å². The molecular weight excluding hydrogens is 460 g/mol. The minimum atomic E-state index is 0.658. The lowest BCUT2D eigenvalue weighted by Gasteiger charge is -2.50. The Labute approximate surface area is 241 Å². The second-order valence-electron chi connectivity index (χ2n) is 13.3. The van der Waals surface area contributed by atoms with Gasteiger partial charge in [0.15, 0.2) is 0 Å². The second kappa shape index (κ2) is 25.9. The molecule has 0 saturated heterocycles. The molecule has 0 aliphatic heterocycles. The number of nitrogens with two attached hydrogens (primary N) is 2. The summed E-state index contributed by atoms with van der Waals surface area (Å²) < 4.78 is 0. The summed E-state index contributed by atoms with van der Waals surface area (Å²) in [6, 6.07) is 0. The van der Waals surface area contributed by atoms with Gasteiger partial charge in [0.25, 0.3) is 0 Å². The second-order valence-corrected chi connectivity index (χ2v) is 13.3. The van der Waals surface area contributed by atoms with Crippen molar-refractivity contribution >= 4 is 0 Å². The van der Waals surface area contributed by atoms with Gasteiger partial charge in [0.05, 0.1) is 0 Å². The summed E-state index contributed by atoms with van der Waals surface area (Å²) in [5, 5.41) is 0. The highest BCUT2D eigenvalue weighted by molar-refractivity contribution is 4.94. The molecule has 38 heavy (non-hydrogen) atoms. The Balaban J connectivity index is 2.81. The summed E-state index contributed by atoms with van der Waals surface area (Å²) in [6.07, 6.45) is 41.8. The van der Waals surface area contributed by atoms with E-state index in [0.29, 0.717) is 5.41 Å². The SMILES string of the molecule is CCCCCCCCC1C(CCCCCC)CCCC1(CCCCCCCCN)CCCCCCCCN. The first-order chi connectivity index (χ1) is 18.7. The maximum absolute atomic E-state index is 5.72. The molecule has 0 bridgehead atoms. The standard InChI is InChI=1S/C36H74N2/c1-3-5-7-9-14-20-28-35-34(26-19-8-6-4-2)27-25-31-36(35,29-21-15-10-12-17-23-32-37)30-22-16-11-13-18-24-33-38/h34-35H,3-33,37-38H2,1-2H3. The molecule has 2 nitrogen and oxygen atoms in total. The van der Waals surface area contributed by atoms with E-state index in [-0.39, 0.29) is 0 Å². The van der Waals surface area contributed by atoms with E-state index in [1.807, 2.05) is 0 Å². The molecule has 0 heterocycles. The molecule has 0 amide bonds. The molecule has 228 valence electrons. The van der Waals surface area contributed by atoms with E-state index in [4.69, 9.17) is 11.5 Å². The lowest BCUT2D eigenvalue weighted by molar-refractivity contribution is 0.00689. The predicted octanol–water partition coefficient (Wildman–Crippen LogP) is 11.5. The van der Waals surface area contributed by atoms with Crippen LogP contribution >= 0.6 is 0 Å². The third-order valence-electron chi connectivity index (χ3n) is 10.2. The monoisotopic (exact) mass is 535 g/mol. The van der Waals surface area contributed by atoms with Gasteiger partial charge in [0.1, 0.15) is 0 Å². The lowest BCUT2D eigenvalue weighted by atomic mass is 9.55. The molecule has 4 N–H and O–H groups in total. The Morgan fingerprint density at radius 1 is 0.500 bits per heavy atom. The molecule has 2 heteroatoms. The normalized spacial score (nSPS) is 19.3. The van der Waals surface area contributed by atoms with Crippen LogP contribution in [0.3, 0.4) is 0 Å². The molecule has 1 fully saturated rings. The summed E-state index contributed by atoms with van der Waals surface area (Å²) >= 11 is 0. The molecule has 1 aliphatic carbocycles. The van der Waals surface area contributed by atoms with Gasteiger partial charge in [0, 0.05) is 0 Å². The number of hydrogen-bond acceptors (Lipinski definition) is 2. The van der Waals surface area contributed by atoms with Gasteiger partial charge in [0.2, 0.25) is 0 Å². The molecule has 0 radical (unpaired) electrons. The zero-order chi connectivity index (χ0) is 27.6. The molecule has 0 aromatic heterocycles. The molecule has 0 aromatic rings. The van der Waals surface area contributed by atoms with E-state index < -0.39 is 0 Å². The summed E-state index contributed by atoms with van der Waals surface area (Å²) in [4.78, 5) is 0. The van der Waals surface area contributed by atoms with Crippen molar-refractivity contribution < 1.29 is 0 Å². The first-order valence-electron chi connectivity index (χ1n) is 18.1. The third kappa shape index (κ3) is 16.9. The molecule has 0 spiro atoms. The Bertz CT molecular complexity index is 458. The molecule has 1 saturated carbocycles. The van der Waals surface area contributed by atoms with E-state index >= 15 is 0 Å². The van der Waals surface area contributed by atoms with E-state index in [1.54, 1.807) is 6.42 Å². The van der Waals surface area contributed by atoms with Crippen LogP contribution in [0.4, 0.5) is 0 Å². The van der Waals surface area contributed by atoms with Crippen molar-refractivity contribution in [1.82, 2.24) is 0 Å². The smallest absolute Gasteiger partial charge is 0.00773 e. The predicted molar refractivity (Wildman–Crippen MR) is 173 cm³/mol. The minimum Gasteiger partial charge on any atom is -0.330 e. The maximum atomic E-state index is 5.72. The fourth-order valence-electron chi connectivity index (χ4n) is 7.87. The van der Waals surface area contributed by atoms with Gasteiger partial charge < -0.3 is 11.5 Å². The van der Waals surface area contributed by atoms with E-state index in [1.165, 1.54) is 180 Å².